The summed E-state index contributed by atoms with van der Waals surface area (Å²) in [5.74, 6) is 0. The van der Waals surface area contributed by atoms with E-state index in [0.717, 1.165) is 0 Å². The van der Waals surface area contributed by atoms with Crippen LogP contribution < -0.4 is 0 Å². The van der Waals surface area contributed by atoms with Crippen molar-refractivity contribution in [1.82, 2.24) is 0 Å². The first-order valence-corrected chi connectivity index (χ1v) is 1.86. The smallest absolute Gasteiger partial charge is 0.214 e. The molecule has 8 heavy (non-hydrogen) atoms. The molecule has 0 aromatic heterocycles. The molecule has 4 heteroatoms. The first-order valence-electron chi connectivity index (χ1n) is 1.86. The molecule has 50 valence electrons. The van der Waals surface area contributed by atoms with E-state index in [1.54, 1.807) is 0 Å². The van der Waals surface area contributed by atoms with Crippen LogP contribution in [0, 0.1) is 0 Å². The SMILES string of the molecule is COC(C=O)OC.O. The molecule has 0 aliphatic carbocycles. The van der Waals surface area contributed by atoms with Gasteiger partial charge in [0, 0.05) is 14.2 Å². The second-order valence-corrected chi connectivity index (χ2v) is 0.976. The summed E-state index contributed by atoms with van der Waals surface area (Å²) in [6, 6.07) is 0. The molecule has 0 heterocycles. The van der Waals surface area contributed by atoms with Crippen LogP contribution in [0.1, 0.15) is 0 Å². The van der Waals surface area contributed by atoms with Gasteiger partial charge < -0.3 is 14.9 Å². The molecule has 0 aliphatic heterocycles. The van der Waals surface area contributed by atoms with Crippen LogP contribution >= 0.6 is 0 Å². The summed E-state index contributed by atoms with van der Waals surface area (Å²) in [6.07, 6.45) is -0.111. The van der Waals surface area contributed by atoms with Gasteiger partial charge in [0.15, 0.2) is 6.29 Å². The molecule has 0 amide bonds. The molecule has 0 spiro atoms. The van der Waals surface area contributed by atoms with Gasteiger partial charge in [-0.3, -0.25) is 4.79 Å². The first kappa shape index (κ1) is 10.5. The summed E-state index contributed by atoms with van der Waals surface area (Å²) in [6.45, 7) is 0. The Balaban J connectivity index is 0. The van der Waals surface area contributed by atoms with Gasteiger partial charge in [-0.2, -0.15) is 0 Å². The van der Waals surface area contributed by atoms with Crippen LogP contribution in [0.4, 0.5) is 0 Å². The molecule has 0 radical (unpaired) electrons. The second kappa shape index (κ2) is 6.55. The summed E-state index contributed by atoms with van der Waals surface area (Å²) in [5.41, 5.74) is 0. The van der Waals surface area contributed by atoms with Gasteiger partial charge in [-0.25, -0.2) is 0 Å². The maximum atomic E-state index is 9.72. The van der Waals surface area contributed by atoms with Crippen LogP contribution in [0.3, 0.4) is 0 Å². The Bertz CT molecular complexity index is 50.0. The highest BCUT2D eigenvalue weighted by Gasteiger charge is 1.97. The van der Waals surface area contributed by atoms with Gasteiger partial charge in [0.1, 0.15) is 0 Å². The molecule has 0 fully saturated rings. The van der Waals surface area contributed by atoms with Gasteiger partial charge >= 0.3 is 0 Å². The second-order valence-electron chi connectivity index (χ2n) is 0.976. The van der Waals surface area contributed by atoms with Crippen LogP contribution in [0.15, 0.2) is 0 Å². The van der Waals surface area contributed by atoms with Gasteiger partial charge in [-0.05, 0) is 0 Å². The lowest BCUT2D eigenvalue weighted by atomic mass is 10.7. The minimum Gasteiger partial charge on any atom is -0.412 e. The maximum absolute atomic E-state index is 9.72. The third-order valence-electron chi connectivity index (χ3n) is 0.576. The molecule has 0 saturated carbocycles. The molecule has 0 aliphatic rings. The van der Waals surface area contributed by atoms with Crippen molar-refractivity contribution in [1.29, 1.82) is 0 Å². The van der Waals surface area contributed by atoms with Crippen molar-refractivity contribution >= 4 is 6.29 Å². The molecule has 2 N–H and O–H groups in total. The summed E-state index contributed by atoms with van der Waals surface area (Å²) in [7, 11) is 2.81. The zero-order chi connectivity index (χ0) is 5.70. The fourth-order valence-electron chi connectivity index (χ4n) is 0.207. The van der Waals surface area contributed by atoms with E-state index in [1.165, 1.54) is 14.2 Å². The van der Waals surface area contributed by atoms with Crippen molar-refractivity contribution in [2.24, 2.45) is 0 Å². The molecule has 0 aromatic rings. The Morgan fingerprint density at radius 3 is 1.75 bits per heavy atom. The van der Waals surface area contributed by atoms with Crippen molar-refractivity contribution < 1.29 is 19.7 Å². The zero-order valence-electron chi connectivity index (χ0n) is 4.88. The number of carbonyl (C=O) groups excluding carboxylic acids is 1. The molecule has 0 bridgehead atoms. The lowest BCUT2D eigenvalue weighted by molar-refractivity contribution is -0.143. The van der Waals surface area contributed by atoms with Crippen molar-refractivity contribution in [3.8, 4) is 0 Å². The minimum absolute atomic E-state index is 0. The topological polar surface area (TPSA) is 67.0 Å². The average Bonchev–Trinajstić information content (AvgIpc) is 1.72. The Labute approximate surface area is 47.7 Å². The van der Waals surface area contributed by atoms with Gasteiger partial charge in [0.05, 0.1) is 0 Å². The van der Waals surface area contributed by atoms with Crippen LogP contribution in [0.5, 0.6) is 0 Å². The van der Waals surface area contributed by atoms with Gasteiger partial charge in [-0.1, -0.05) is 0 Å². The first-order chi connectivity index (χ1) is 3.35. The molecule has 0 atom stereocenters. The third-order valence-corrected chi connectivity index (χ3v) is 0.576. The van der Waals surface area contributed by atoms with Gasteiger partial charge in [0.25, 0.3) is 0 Å². The Morgan fingerprint density at radius 2 is 1.75 bits per heavy atom. The number of hydrogen-bond donors (Lipinski definition) is 0. The molecule has 0 aromatic carbocycles. The molecular weight excluding hydrogens is 112 g/mol. The van der Waals surface area contributed by atoms with Crippen LogP contribution in [0.25, 0.3) is 0 Å². The van der Waals surface area contributed by atoms with Crippen molar-refractivity contribution in [2.45, 2.75) is 6.29 Å². The summed E-state index contributed by atoms with van der Waals surface area (Å²) < 4.78 is 8.92. The van der Waals surface area contributed by atoms with Crippen molar-refractivity contribution in [2.75, 3.05) is 14.2 Å². The average molecular weight is 122 g/mol. The van der Waals surface area contributed by atoms with Crippen LogP contribution in [-0.2, 0) is 14.3 Å². The number of rotatable bonds is 3. The predicted octanol–water partition coefficient (Wildman–Crippen LogP) is -1.02. The van der Waals surface area contributed by atoms with E-state index >= 15 is 0 Å². The number of carbonyl (C=O) groups is 1. The van der Waals surface area contributed by atoms with E-state index in [4.69, 9.17) is 0 Å². The van der Waals surface area contributed by atoms with Crippen molar-refractivity contribution in [3.63, 3.8) is 0 Å². The van der Waals surface area contributed by atoms with Crippen LogP contribution in [-0.4, -0.2) is 32.3 Å². The Hall–Kier alpha value is -0.450. The predicted molar refractivity (Wildman–Crippen MR) is 27.5 cm³/mol. The van der Waals surface area contributed by atoms with Crippen molar-refractivity contribution in [3.05, 3.63) is 0 Å². The molecule has 0 saturated heterocycles. The van der Waals surface area contributed by atoms with E-state index in [2.05, 4.69) is 9.47 Å². The summed E-state index contributed by atoms with van der Waals surface area (Å²) >= 11 is 0. The zero-order valence-corrected chi connectivity index (χ0v) is 4.88. The van der Waals surface area contributed by atoms with E-state index in [9.17, 15) is 4.79 Å². The molecule has 0 unspecified atom stereocenters. The summed E-state index contributed by atoms with van der Waals surface area (Å²) in [5, 5.41) is 0. The lowest BCUT2D eigenvalue weighted by Gasteiger charge is -2.01. The Kier molecular flexibility index (Phi) is 8.61. The summed E-state index contributed by atoms with van der Waals surface area (Å²) in [4.78, 5) is 9.72. The molecular formula is C4H10O4. The fraction of sp³-hybridized carbons (Fsp3) is 0.750. The lowest BCUT2D eigenvalue weighted by Crippen LogP contribution is -2.13. The number of ether oxygens (including phenoxy) is 2. The normalized spacial score (nSPS) is 8.38. The fourth-order valence-corrected chi connectivity index (χ4v) is 0.207. The van der Waals surface area contributed by atoms with E-state index < -0.39 is 6.29 Å². The molecule has 0 rings (SSSR count). The minimum atomic E-state index is -0.694. The van der Waals surface area contributed by atoms with Crippen LogP contribution in [0.2, 0.25) is 0 Å². The third kappa shape index (κ3) is 3.73. The molecule has 4 nitrogen and oxygen atoms in total. The highest BCUT2D eigenvalue weighted by Crippen LogP contribution is 1.80. The monoisotopic (exact) mass is 122 g/mol. The quantitative estimate of drug-likeness (QED) is 0.355. The largest absolute Gasteiger partial charge is 0.412 e. The maximum Gasteiger partial charge on any atom is 0.214 e. The highest BCUT2D eigenvalue weighted by atomic mass is 16.7. The standard InChI is InChI=1S/C4H8O3.H2O/c1-6-4(3-5)7-2;/h3-4H,1-2H3;1H2. The van der Waals surface area contributed by atoms with Gasteiger partial charge in [0.2, 0.25) is 6.29 Å². The van der Waals surface area contributed by atoms with E-state index in [0.29, 0.717) is 6.29 Å². The van der Waals surface area contributed by atoms with Gasteiger partial charge in [-0.15, -0.1) is 0 Å². The Morgan fingerprint density at radius 1 is 1.38 bits per heavy atom. The van der Waals surface area contributed by atoms with E-state index in [-0.39, 0.29) is 5.48 Å². The number of aldehydes is 1. The highest BCUT2D eigenvalue weighted by molar-refractivity contribution is 5.53. The van der Waals surface area contributed by atoms with E-state index in [1.807, 2.05) is 0 Å². The number of hydrogen-bond acceptors (Lipinski definition) is 3. The number of methoxy groups -OCH3 is 2.